The van der Waals surface area contributed by atoms with Gasteiger partial charge in [-0.25, -0.2) is 4.98 Å². The van der Waals surface area contributed by atoms with Crippen molar-refractivity contribution in [3.8, 4) is 11.5 Å². The molecule has 4 nitrogen and oxygen atoms in total. The molecule has 0 radical (unpaired) electrons. The number of benzene rings is 1. The molecular weight excluding hydrogens is 228 g/mol. The SMILES string of the molecule is CCNc1nc2c(OC)cc(OC)cc2cc1C. The van der Waals surface area contributed by atoms with Gasteiger partial charge in [-0.3, -0.25) is 0 Å². The van der Waals surface area contributed by atoms with Crippen LogP contribution in [0.5, 0.6) is 11.5 Å². The first kappa shape index (κ1) is 12.5. The van der Waals surface area contributed by atoms with E-state index in [9.17, 15) is 0 Å². The Morgan fingerprint density at radius 1 is 1.17 bits per heavy atom. The fourth-order valence-electron chi connectivity index (χ4n) is 1.95. The summed E-state index contributed by atoms with van der Waals surface area (Å²) < 4.78 is 10.6. The number of hydrogen-bond acceptors (Lipinski definition) is 4. The van der Waals surface area contributed by atoms with Crippen LogP contribution < -0.4 is 14.8 Å². The number of anilines is 1. The lowest BCUT2D eigenvalue weighted by molar-refractivity contribution is 0.397. The zero-order valence-corrected chi connectivity index (χ0v) is 11.2. The number of aromatic nitrogens is 1. The predicted molar refractivity (Wildman–Crippen MR) is 73.7 cm³/mol. The Balaban J connectivity index is 2.67. The first-order chi connectivity index (χ1) is 8.69. The molecular formula is C14H18N2O2. The maximum absolute atomic E-state index is 5.37. The highest BCUT2D eigenvalue weighted by Gasteiger charge is 2.09. The van der Waals surface area contributed by atoms with E-state index in [2.05, 4.69) is 23.3 Å². The molecule has 0 spiro atoms. The van der Waals surface area contributed by atoms with Crippen LogP contribution in [0, 0.1) is 6.92 Å². The summed E-state index contributed by atoms with van der Waals surface area (Å²) in [4.78, 5) is 4.62. The minimum Gasteiger partial charge on any atom is -0.497 e. The van der Waals surface area contributed by atoms with Crippen molar-refractivity contribution in [2.24, 2.45) is 0 Å². The summed E-state index contributed by atoms with van der Waals surface area (Å²) in [5.41, 5.74) is 1.96. The van der Waals surface area contributed by atoms with E-state index in [1.807, 2.05) is 19.1 Å². The summed E-state index contributed by atoms with van der Waals surface area (Å²) in [5, 5.41) is 4.27. The Bertz CT molecular complexity index is 567. The number of methoxy groups -OCH3 is 2. The Morgan fingerprint density at radius 2 is 1.94 bits per heavy atom. The minimum absolute atomic E-state index is 0.725. The Kier molecular flexibility index (Phi) is 3.55. The van der Waals surface area contributed by atoms with Crippen LogP contribution in [0.2, 0.25) is 0 Å². The van der Waals surface area contributed by atoms with Crippen LogP contribution in [-0.4, -0.2) is 25.7 Å². The molecule has 0 unspecified atom stereocenters. The Hall–Kier alpha value is -1.97. The van der Waals surface area contributed by atoms with E-state index in [-0.39, 0.29) is 0 Å². The third kappa shape index (κ3) is 2.18. The summed E-state index contributed by atoms with van der Waals surface area (Å²) in [6, 6.07) is 5.90. The van der Waals surface area contributed by atoms with E-state index < -0.39 is 0 Å². The highest BCUT2D eigenvalue weighted by molar-refractivity contribution is 5.88. The monoisotopic (exact) mass is 246 g/mol. The number of pyridine rings is 1. The molecule has 0 fully saturated rings. The van der Waals surface area contributed by atoms with Crippen molar-refractivity contribution in [1.29, 1.82) is 0 Å². The average molecular weight is 246 g/mol. The molecule has 0 aliphatic carbocycles. The van der Waals surface area contributed by atoms with Gasteiger partial charge in [-0.1, -0.05) is 0 Å². The number of nitrogens with zero attached hydrogens (tertiary/aromatic N) is 1. The number of nitrogens with one attached hydrogen (secondary N) is 1. The minimum atomic E-state index is 0.725. The van der Waals surface area contributed by atoms with Crippen molar-refractivity contribution in [1.82, 2.24) is 4.98 Å². The molecule has 0 aliphatic heterocycles. The van der Waals surface area contributed by atoms with Gasteiger partial charge in [0, 0.05) is 18.0 Å². The molecule has 1 N–H and O–H groups in total. The van der Waals surface area contributed by atoms with E-state index in [1.165, 1.54) is 0 Å². The molecule has 18 heavy (non-hydrogen) atoms. The number of aryl methyl sites for hydroxylation is 1. The summed E-state index contributed by atoms with van der Waals surface area (Å²) in [5.74, 6) is 2.40. The van der Waals surface area contributed by atoms with Gasteiger partial charge in [0.2, 0.25) is 0 Å². The van der Waals surface area contributed by atoms with E-state index in [0.717, 1.165) is 40.3 Å². The smallest absolute Gasteiger partial charge is 0.148 e. The fraction of sp³-hybridized carbons (Fsp3) is 0.357. The predicted octanol–water partition coefficient (Wildman–Crippen LogP) is 2.99. The number of ether oxygens (including phenoxy) is 2. The summed E-state index contributed by atoms with van der Waals surface area (Å²) in [6.07, 6.45) is 0. The lowest BCUT2D eigenvalue weighted by Gasteiger charge is -2.12. The molecule has 96 valence electrons. The second-order valence-corrected chi connectivity index (χ2v) is 4.09. The highest BCUT2D eigenvalue weighted by atomic mass is 16.5. The van der Waals surface area contributed by atoms with Crippen LogP contribution in [0.15, 0.2) is 18.2 Å². The summed E-state index contributed by atoms with van der Waals surface area (Å²) in [7, 11) is 3.29. The molecule has 0 aliphatic rings. The van der Waals surface area contributed by atoms with Gasteiger partial charge < -0.3 is 14.8 Å². The highest BCUT2D eigenvalue weighted by Crippen LogP contribution is 2.32. The van der Waals surface area contributed by atoms with Gasteiger partial charge in [-0.15, -0.1) is 0 Å². The summed E-state index contributed by atoms with van der Waals surface area (Å²) in [6.45, 7) is 4.94. The van der Waals surface area contributed by atoms with Crippen molar-refractivity contribution in [2.45, 2.75) is 13.8 Å². The van der Waals surface area contributed by atoms with Crippen molar-refractivity contribution < 1.29 is 9.47 Å². The third-order valence-corrected chi connectivity index (χ3v) is 2.85. The van der Waals surface area contributed by atoms with Crippen LogP contribution in [0.25, 0.3) is 10.9 Å². The molecule has 0 bridgehead atoms. The lowest BCUT2D eigenvalue weighted by Crippen LogP contribution is -2.02. The second-order valence-electron chi connectivity index (χ2n) is 4.09. The van der Waals surface area contributed by atoms with Gasteiger partial charge in [0.1, 0.15) is 22.8 Å². The van der Waals surface area contributed by atoms with E-state index in [4.69, 9.17) is 9.47 Å². The van der Waals surface area contributed by atoms with Crippen molar-refractivity contribution in [3.05, 3.63) is 23.8 Å². The topological polar surface area (TPSA) is 43.4 Å². The first-order valence-electron chi connectivity index (χ1n) is 5.96. The molecule has 1 aromatic heterocycles. The normalized spacial score (nSPS) is 10.4. The van der Waals surface area contributed by atoms with E-state index >= 15 is 0 Å². The maximum atomic E-state index is 5.37. The molecule has 0 saturated heterocycles. The number of hydrogen-bond donors (Lipinski definition) is 1. The quantitative estimate of drug-likeness (QED) is 0.900. The van der Waals surface area contributed by atoms with Crippen LogP contribution >= 0.6 is 0 Å². The first-order valence-corrected chi connectivity index (χ1v) is 5.96. The van der Waals surface area contributed by atoms with E-state index in [1.54, 1.807) is 14.2 Å². The molecule has 4 heteroatoms. The number of rotatable bonds is 4. The third-order valence-electron chi connectivity index (χ3n) is 2.85. The summed E-state index contributed by atoms with van der Waals surface area (Å²) >= 11 is 0. The lowest BCUT2D eigenvalue weighted by atomic mass is 10.1. The molecule has 2 aromatic rings. The van der Waals surface area contributed by atoms with Gasteiger partial charge in [0.05, 0.1) is 14.2 Å². The largest absolute Gasteiger partial charge is 0.497 e. The average Bonchev–Trinajstić information content (AvgIpc) is 2.38. The molecule has 2 rings (SSSR count). The molecule has 1 aromatic carbocycles. The van der Waals surface area contributed by atoms with Crippen LogP contribution in [0.4, 0.5) is 5.82 Å². The van der Waals surface area contributed by atoms with Gasteiger partial charge in [0.25, 0.3) is 0 Å². The molecule has 0 amide bonds. The van der Waals surface area contributed by atoms with Gasteiger partial charge >= 0.3 is 0 Å². The number of fused-ring (bicyclic) bond motifs is 1. The van der Waals surface area contributed by atoms with Gasteiger partial charge in [-0.2, -0.15) is 0 Å². The maximum Gasteiger partial charge on any atom is 0.148 e. The second kappa shape index (κ2) is 5.12. The van der Waals surface area contributed by atoms with Crippen LogP contribution in [-0.2, 0) is 0 Å². The van der Waals surface area contributed by atoms with Crippen LogP contribution in [0.1, 0.15) is 12.5 Å². The molecule has 0 saturated carbocycles. The van der Waals surface area contributed by atoms with Crippen LogP contribution in [0.3, 0.4) is 0 Å². The van der Waals surface area contributed by atoms with Gasteiger partial charge in [-0.05, 0) is 31.5 Å². The zero-order valence-electron chi connectivity index (χ0n) is 11.2. The Labute approximate surface area is 107 Å². The molecule has 0 atom stereocenters. The van der Waals surface area contributed by atoms with Crippen molar-refractivity contribution in [3.63, 3.8) is 0 Å². The van der Waals surface area contributed by atoms with E-state index in [0.29, 0.717) is 0 Å². The Morgan fingerprint density at radius 3 is 2.56 bits per heavy atom. The van der Waals surface area contributed by atoms with Crippen molar-refractivity contribution in [2.75, 3.05) is 26.1 Å². The zero-order chi connectivity index (χ0) is 13.1. The standard InChI is InChI=1S/C14H18N2O2/c1-5-15-14-9(2)6-10-7-11(17-3)8-12(18-4)13(10)16-14/h6-8H,5H2,1-4H3,(H,15,16). The van der Waals surface area contributed by atoms with Crippen molar-refractivity contribution >= 4 is 16.7 Å². The molecule has 1 heterocycles. The fourth-order valence-corrected chi connectivity index (χ4v) is 1.95. The van der Waals surface area contributed by atoms with Gasteiger partial charge in [0.15, 0.2) is 0 Å².